The number of hydrogen-bond donors (Lipinski definition) is 1. The lowest BCUT2D eigenvalue weighted by Crippen LogP contribution is -2.51. The average molecular weight is 337 g/mol. The summed E-state index contributed by atoms with van der Waals surface area (Å²) in [5.74, 6) is 0.157. The third kappa shape index (κ3) is 4.12. The van der Waals surface area contributed by atoms with Gasteiger partial charge in [0.2, 0.25) is 0 Å². The fourth-order valence-corrected chi connectivity index (χ4v) is 4.31. The Morgan fingerprint density at radius 2 is 2.00 bits per heavy atom. The van der Waals surface area contributed by atoms with Gasteiger partial charge in [-0.15, -0.1) is 11.3 Å². The van der Waals surface area contributed by atoms with Crippen molar-refractivity contribution in [1.82, 2.24) is 9.80 Å². The molecular formula is C17H27N3O2S. The highest BCUT2D eigenvalue weighted by atomic mass is 32.1. The first-order chi connectivity index (χ1) is 11.2. The van der Waals surface area contributed by atoms with Crippen LogP contribution in [-0.2, 0) is 22.5 Å². The van der Waals surface area contributed by atoms with Crippen LogP contribution in [0, 0.1) is 0 Å². The molecule has 3 heterocycles. The molecule has 0 unspecified atom stereocenters. The molecule has 2 N–H and O–H groups in total. The van der Waals surface area contributed by atoms with Crippen LogP contribution in [0.15, 0.2) is 12.1 Å². The summed E-state index contributed by atoms with van der Waals surface area (Å²) in [4.78, 5) is 19.8. The maximum atomic E-state index is 12.5. The Kier molecular flexibility index (Phi) is 5.69. The van der Waals surface area contributed by atoms with Gasteiger partial charge in [0, 0.05) is 49.0 Å². The van der Waals surface area contributed by atoms with Crippen LogP contribution >= 0.6 is 11.3 Å². The summed E-state index contributed by atoms with van der Waals surface area (Å²) >= 11 is 1.90. The molecule has 0 aliphatic carbocycles. The van der Waals surface area contributed by atoms with E-state index in [1.54, 1.807) is 0 Å². The van der Waals surface area contributed by atoms with Crippen molar-refractivity contribution >= 4 is 17.2 Å². The van der Waals surface area contributed by atoms with Gasteiger partial charge in [-0.3, -0.25) is 9.69 Å². The van der Waals surface area contributed by atoms with Gasteiger partial charge in [-0.2, -0.15) is 0 Å². The average Bonchev–Trinajstić information content (AvgIpc) is 3.24. The molecule has 0 radical (unpaired) electrons. The van der Waals surface area contributed by atoms with E-state index < -0.39 is 0 Å². The number of ether oxygens (including phenoxy) is 1. The highest BCUT2D eigenvalue weighted by Crippen LogP contribution is 2.22. The van der Waals surface area contributed by atoms with E-state index in [1.165, 1.54) is 9.75 Å². The number of carbonyl (C=O) groups excluding carboxylic acids is 1. The van der Waals surface area contributed by atoms with Crippen LogP contribution in [0.3, 0.4) is 0 Å². The summed E-state index contributed by atoms with van der Waals surface area (Å²) < 4.78 is 5.74. The molecule has 1 amide bonds. The van der Waals surface area contributed by atoms with Crippen LogP contribution in [0.4, 0.5) is 0 Å². The second-order valence-corrected chi connectivity index (χ2v) is 7.64. The highest BCUT2D eigenvalue weighted by molar-refractivity contribution is 7.11. The number of thiophene rings is 1. The first kappa shape index (κ1) is 16.9. The van der Waals surface area contributed by atoms with Gasteiger partial charge in [0.05, 0.1) is 6.10 Å². The normalized spacial score (nSPS) is 25.9. The molecule has 6 heteroatoms. The highest BCUT2D eigenvalue weighted by Gasteiger charge is 2.34. The van der Waals surface area contributed by atoms with Crippen molar-refractivity contribution in [3.8, 4) is 0 Å². The molecule has 2 aliphatic heterocycles. The number of rotatable bonds is 5. The van der Waals surface area contributed by atoms with Crippen LogP contribution in [0.25, 0.3) is 0 Å². The van der Waals surface area contributed by atoms with E-state index in [0.717, 1.165) is 52.0 Å². The van der Waals surface area contributed by atoms with Gasteiger partial charge in [-0.1, -0.05) is 6.92 Å². The van der Waals surface area contributed by atoms with Crippen LogP contribution in [0.1, 0.15) is 29.5 Å². The van der Waals surface area contributed by atoms with E-state index in [2.05, 4.69) is 24.0 Å². The molecule has 5 nitrogen and oxygen atoms in total. The number of piperazine rings is 1. The van der Waals surface area contributed by atoms with Gasteiger partial charge in [-0.05, 0) is 31.4 Å². The van der Waals surface area contributed by atoms with Gasteiger partial charge >= 0.3 is 0 Å². The van der Waals surface area contributed by atoms with Crippen molar-refractivity contribution in [2.75, 3.05) is 32.7 Å². The maximum Gasteiger partial charge on any atom is 0.251 e. The molecule has 1 aromatic heterocycles. The van der Waals surface area contributed by atoms with E-state index >= 15 is 0 Å². The van der Waals surface area contributed by atoms with E-state index in [9.17, 15) is 4.79 Å². The Morgan fingerprint density at radius 1 is 1.26 bits per heavy atom. The minimum atomic E-state index is -0.264. The van der Waals surface area contributed by atoms with Crippen LogP contribution in [0.5, 0.6) is 0 Å². The summed E-state index contributed by atoms with van der Waals surface area (Å²) in [5.41, 5.74) is 5.62. The monoisotopic (exact) mass is 337 g/mol. The molecule has 0 saturated carbocycles. The number of hydrogen-bond acceptors (Lipinski definition) is 5. The van der Waals surface area contributed by atoms with Crippen molar-refractivity contribution in [2.24, 2.45) is 5.73 Å². The lowest BCUT2D eigenvalue weighted by atomic mass is 10.1. The molecule has 0 bridgehead atoms. The molecule has 2 saturated heterocycles. The Labute approximate surface area is 142 Å². The molecule has 0 spiro atoms. The molecule has 2 fully saturated rings. The third-order valence-electron chi connectivity index (χ3n) is 4.78. The number of nitrogens with zero attached hydrogens (tertiary/aromatic N) is 2. The maximum absolute atomic E-state index is 12.5. The predicted molar refractivity (Wildman–Crippen MR) is 92.5 cm³/mol. The van der Waals surface area contributed by atoms with Gasteiger partial charge in [0.15, 0.2) is 0 Å². The first-order valence-corrected chi connectivity index (χ1v) is 9.45. The molecule has 128 valence electrons. The van der Waals surface area contributed by atoms with E-state index in [0.29, 0.717) is 6.54 Å². The fraction of sp³-hybridized carbons (Fsp3) is 0.706. The van der Waals surface area contributed by atoms with E-state index in [1.807, 2.05) is 16.2 Å². The van der Waals surface area contributed by atoms with Crippen LogP contribution in [0.2, 0.25) is 0 Å². The molecule has 2 aliphatic rings. The zero-order chi connectivity index (χ0) is 16.2. The molecule has 3 rings (SSSR count). The van der Waals surface area contributed by atoms with Crippen molar-refractivity contribution in [1.29, 1.82) is 0 Å². The zero-order valence-electron chi connectivity index (χ0n) is 13.9. The summed E-state index contributed by atoms with van der Waals surface area (Å²) in [6, 6.07) is 4.46. The topological polar surface area (TPSA) is 58.8 Å². The number of nitrogens with two attached hydrogens (primary N) is 1. The summed E-state index contributed by atoms with van der Waals surface area (Å²) in [5, 5.41) is 0. The lowest BCUT2D eigenvalue weighted by molar-refractivity contribution is -0.144. The van der Waals surface area contributed by atoms with E-state index in [4.69, 9.17) is 10.5 Å². The van der Waals surface area contributed by atoms with Crippen LogP contribution in [-0.4, -0.2) is 60.6 Å². The SMILES string of the molecule is CCc1ccc(CN2CCN(C(=O)[C@@H]3CC[C@H](CN)O3)CC2)s1. The van der Waals surface area contributed by atoms with Crippen LogP contribution < -0.4 is 5.73 Å². The second kappa shape index (κ2) is 7.75. The van der Waals surface area contributed by atoms with Gasteiger partial charge in [-0.25, -0.2) is 0 Å². The van der Waals surface area contributed by atoms with Gasteiger partial charge in [0.25, 0.3) is 5.91 Å². The minimum absolute atomic E-state index is 0.0665. The molecule has 1 aromatic rings. The van der Waals surface area contributed by atoms with Gasteiger partial charge in [0.1, 0.15) is 6.10 Å². The second-order valence-electron chi connectivity index (χ2n) is 6.38. The molecular weight excluding hydrogens is 310 g/mol. The summed E-state index contributed by atoms with van der Waals surface area (Å²) in [6.07, 6.45) is 2.63. The number of amides is 1. The van der Waals surface area contributed by atoms with Crippen molar-refractivity contribution in [2.45, 2.75) is 44.9 Å². The zero-order valence-corrected chi connectivity index (χ0v) is 14.7. The quantitative estimate of drug-likeness (QED) is 0.884. The minimum Gasteiger partial charge on any atom is -0.364 e. The Balaban J connectivity index is 1.45. The lowest BCUT2D eigenvalue weighted by Gasteiger charge is -2.35. The summed E-state index contributed by atoms with van der Waals surface area (Å²) in [7, 11) is 0. The molecule has 23 heavy (non-hydrogen) atoms. The molecule has 2 atom stereocenters. The number of aryl methyl sites for hydroxylation is 1. The standard InChI is InChI=1S/C17H27N3O2S/c1-2-14-4-5-15(23-14)12-19-7-9-20(10-8-19)17(21)16-6-3-13(11-18)22-16/h4-5,13,16H,2-3,6-12,18H2,1H3/t13-,16+/m1/s1. The van der Waals surface area contributed by atoms with Crippen molar-refractivity contribution in [3.63, 3.8) is 0 Å². The fourth-order valence-electron chi connectivity index (χ4n) is 3.31. The number of carbonyl (C=O) groups is 1. The van der Waals surface area contributed by atoms with Crippen molar-refractivity contribution in [3.05, 3.63) is 21.9 Å². The largest absolute Gasteiger partial charge is 0.364 e. The summed E-state index contributed by atoms with van der Waals surface area (Å²) in [6.45, 7) is 7.20. The van der Waals surface area contributed by atoms with Crippen molar-refractivity contribution < 1.29 is 9.53 Å². The Hall–Kier alpha value is -0.950. The van der Waals surface area contributed by atoms with E-state index in [-0.39, 0.29) is 18.1 Å². The van der Waals surface area contributed by atoms with Gasteiger partial charge < -0.3 is 15.4 Å². The smallest absolute Gasteiger partial charge is 0.251 e. The Bertz CT molecular complexity index is 526. The third-order valence-corrected chi connectivity index (χ3v) is 5.99. The predicted octanol–water partition coefficient (Wildman–Crippen LogP) is 1.46. The first-order valence-electron chi connectivity index (χ1n) is 8.64. The Morgan fingerprint density at radius 3 is 2.61 bits per heavy atom. The molecule has 0 aromatic carbocycles.